The van der Waals surface area contributed by atoms with Gasteiger partial charge in [-0.2, -0.15) is 0 Å². The highest BCUT2D eigenvalue weighted by atomic mass is 31.2. The number of hydrogen-bond acceptors (Lipinski definition) is 11. The summed E-state index contributed by atoms with van der Waals surface area (Å²) in [6.07, 6.45) is 30.2. The van der Waals surface area contributed by atoms with Gasteiger partial charge in [-0.15, -0.1) is 0 Å². The zero-order valence-corrected chi connectivity index (χ0v) is 36.5. The van der Waals surface area contributed by atoms with Gasteiger partial charge in [-0.3, -0.25) is 23.2 Å². The van der Waals surface area contributed by atoms with Gasteiger partial charge in [0.2, 0.25) is 0 Å². The van der Waals surface area contributed by atoms with Gasteiger partial charge >= 0.3 is 27.6 Å². The molecule has 0 bridgehead atoms. The summed E-state index contributed by atoms with van der Waals surface area (Å²) in [5.41, 5.74) is 0. The molecule has 0 aliphatic rings. The van der Waals surface area contributed by atoms with Gasteiger partial charge in [0.25, 0.3) is 0 Å². The van der Waals surface area contributed by atoms with E-state index in [1.165, 1.54) is 32.1 Å². The van der Waals surface area contributed by atoms with Crippen LogP contribution < -0.4 is 0 Å². The molecule has 0 aliphatic heterocycles. The van der Waals surface area contributed by atoms with Crippen molar-refractivity contribution in [3.63, 3.8) is 0 Å². The molecule has 5 atom stereocenters. The van der Waals surface area contributed by atoms with Crippen LogP contribution in [0.5, 0.6) is 0 Å². The van der Waals surface area contributed by atoms with Crippen LogP contribution in [0.4, 0.5) is 0 Å². The van der Waals surface area contributed by atoms with E-state index < -0.39 is 72.3 Å². The maximum atomic E-state index is 12.6. The normalized spacial score (nSPS) is 15.7. The molecule has 0 aromatic heterocycles. The van der Waals surface area contributed by atoms with E-state index in [-0.39, 0.29) is 12.8 Å². The van der Waals surface area contributed by atoms with Crippen LogP contribution in [-0.4, -0.2) is 81.6 Å². The number of allylic oxidation sites excluding steroid dienone is 7. The summed E-state index contributed by atoms with van der Waals surface area (Å²) in [4.78, 5) is 52.5. The number of unbranched alkanes of at least 4 members (excludes halogenated alkanes) is 10. The van der Waals surface area contributed by atoms with Gasteiger partial charge in [0, 0.05) is 12.8 Å². The van der Waals surface area contributed by atoms with Gasteiger partial charge < -0.3 is 34.4 Å². The van der Waals surface area contributed by atoms with Crippen molar-refractivity contribution in [3.8, 4) is 0 Å². The summed E-state index contributed by atoms with van der Waals surface area (Å²) in [5.74, 6) is -0.348. The molecule has 0 saturated heterocycles. The quantitative estimate of drug-likeness (QED) is 0.0129. The minimum absolute atomic E-state index is 0.0986. The number of phosphoric acid groups is 2. The Morgan fingerprint density at radius 2 is 1.21 bits per heavy atom. The van der Waals surface area contributed by atoms with Crippen LogP contribution in [0, 0.1) is 5.92 Å². The van der Waals surface area contributed by atoms with E-state index in [2.05, 4.69) is 29.8 Å². The summed E-state index contributed by atoms with van der Waals surface area (Å²) < 4.78 is 47.6. The Kier molecular flexibility index (Phi) is 34.7. The van der Waals surface area contributed by atoms with Crippen molar-refractivity contribution in [2.45, 2.75) is 167 Å². The third-order valence-electron chi connectivity index (χ3n) is 8.86. The number of phosphoric ester groups is 2. The van der Waals surface area contributed by atoms with Gasteiger partial charge in [-0.1, -0.05) is 146 Å². The molecule has 0 aromatic rings. The maximum Gasteiger partial charge on any atom is 0.472 e. The lowest BCUT2D eigenvalue weighted by atomic mass is 9.99. The number of aliphatic hydroxyl groups excluding tert-OH is 2. The molecule has 0 aliphatic carbocycles. The van der Waals surface area contributed by atoms with Gasteiger partial charge in [-0.05, 0) is 44.4 Å². The van der Waals surface area contributed by atoms with E-state index in [9.17, 15) is 33.8 Å². The fourth-order valence-corrected chi connectivity index (χ4v) is 6.41. The Bertz CT molecular complexity index is 1230. The van der Waals surface area contributed by atoms with Crippen molar-refractivity contribution in [2.24, 2.45) is 5.92 Å². The van der Waals surface area contributed by atoms with Crippen LogP contribution in [0.2, 0.25) is 0 Å². The smallest absolute Gasteiger partial charge is 0.462 e. The number of esters is 2. The summed E-state index contributed by atoms with van der Waals surface area (Å²) in [7, 11) is -9.70. The largest absolute Gasteiger partial charge is 0.472 e. The van der Waals surface area contributed by atoms with Crippen LogP contribution in [-0.2, 0) is 41.8 Å². The molecule has 0 saturated carbocycles. The Morgan fingerprint density at radius 1 is 0.632 bits per heavy atom. The molecule has 16 heteroatoms. The number of hydrogen-bond donors (Lipinski definition) is 5. The molecule has 0 spiro atoms. The predicted molar refractivity (Wildman–Crippen MR) is 222 cm³/mol. The van der Waals surface area contributed by atoms with Crippen LogP contribution in [0.3, 0.4) is 0 Å². The fraction of sp³-hybridized carbons (Fsp3) is 0.756. The standard InChI is InChI=1S/C41H74O14P2/c1-4-6-22-28-37(42)29-24-19-15-10-8-7-9-11-16-20-25-30-40(44)51-34-39(35-54-57(49,50)53-33-38(43)32-52-56(46,47)48)55-41(45)31-26-21-17-13-12-14-18-23-27-36(3)5-2/h7-8,11,15-16,19,24,29,36-39,42-43H,4-6,9-10,12-14,17-18,20-23,25-28,30-35H2,1-3H3,(H,49,50)(H2,46,47,48)/b8-7-,16-11-,19-15-,29-24+/t36?,37-,38+,39-/m1/s1. The molecule has 5 N–H and O–H groups in total. The average molecular weight is 853 g/mol. The fourth-order valence-electron chi connectivity index (χ4n) is 5.25. The SMILES string of the molecule is CCCCC[C@@H](O)/C=C/C=C\C/C=C\C/C=C\CCCC(=O)OC[C@H](COP(=O)(O)OC[C@@H](O)COP(=O)(O)O)OC(=O)CCCCCCCCCCC(C)CC. The number of carbonyl (C=O) groups is 2. The lowest BCUT2D eigenvalue weighted by Gasteiger charge is -2.20. The summed E-state index contributed by atoms with van der Waals surface area (Å²) in [5, 5.41) is 19.6. The van der Waals surface area contributed by atoms with Gasteiger partial charge in [0.15, 0.2) is 6.10 Å². The highest BCUT2D eigenvalue weighted by molar-refractivity contribution is 7.47. The van der Waals surface area contributed by atoms with Crippen LogP contribution >= 0.6 is 15.6 Å². The second-order valence-electron chi connectivity index (χ2n) is 14.4. The van der Waals surface area contributed by atoms with Crippen molar-refractivity contribution in [1.29, 1.82) is 0 Å². The number of aliphatic hydroxyl groups is 2. The Balaban J connectivity index is 4.68. The molecule has 0 amide bonds. The zero-order valence-electron chi connectivity index (χ0n) is 34.7. The molecule has 57 heavy (non-hydrogen) atoms. The average Bonchev–Trinajstić information content (AvgIpc) is 3.16. The monoisotopic (exact) mass is 852 g/mol. The second kappa shape index (κ2) is 35.9. The first-order valence-electron chi connectivity index (χ1n) is 20.8. The molecule has 0 rings (SSSR count). The van der Waals surface area contributed by atoms with E-state index in [0.29, 0.717) is 19.3 Å². The molecular weight excluding hydrogens is 778 g/mol. The third kappa shape index (κ3) is 39.3. The Hall–Kier alpha value is -1.96. The van der Waals surface area contributed by atoms with Gasteiger partial charge in [0.05, 0.1) is 25.9 Å². The molecule has 2 unspecified atom stereocenters. The van der Waals surface area contributed by atoms with E-state index >= 15 is 0 Å². The maximum absolute atomic E-state index is 12.6. The molecule has 0 radical (unpaired) electrons. The highest BCUT2D eigenvalue weighted by Gasteiger charge is 2.28. The van der Waals surface area contributed by atoms with E-state index in [1.54, 1.807) is 6.08 Å². The summed E-state index contributed by atoms with van der Waals surface area (Å²) >= 11 is 0. The molecule has 0 heterocycles. The Labute approximate surface area is 342 Å². The van der Waals surface area contributed by atoms with Crippen molar-refractivity contribution in [2.75, 3.05) is 26.4 Å². The topological polar surface area (TPSA) is 216 Å². The Morgan fingerprint density at radius 3 is 1.88 bits per heavy atom. The van der Waals surface area contributed by atoms with Crippen molar-refractivity contribution >= 4 is 27.6 Å². The van der Waals surface area contributed by atoms with Gasteiger partial charge in [-0.25, -0.2) is 9.13 Å². The first-order valence-corrected chi connectivity index (χ1v) is 23.9. The number of carbonyl (C=O) groups excluding carboxylic acids is 2. The minimum Gasteiger partial charge on any atom is -0.462 e. The first-order chi connectivity index (χ1) is 27.2. The summed E-state index contributed by atoms with van der Waals surface area (Å²) in [6.45, 7) is 3.83. The van der Waals surface area contributed by atoms with E-state index in [4.69, 9.17) is 23.8 Å². The highest BCUT2D eigenvalue weighted by Crippen LogP contribution is 2.43. The lowest BCUT2D eigenvalue weighted by Crippen LogP contribution is -2.30. The van der Waals surface area contributed by atoms with E-state index in [1.807, 2.05) is 42.5 Å². The zero-order chi connectivity index (χ0) is 42.6. The van der Waals surface area contributed by atoms with Gasteiger partial charge in [0.1, 0.15) is 12.7 Å². The molecule has 0 fully saturated rings. The first kappa shape index (κ1) is 55.0. The molecule has 14 nitrogen and oxygen atoms in total. The summed E-state index contributed by atoms with van der Waals surface area (Å²) in [6, 6.07) is 0. The predicted octanol–water partition coefficient (Wildman–Crippen LogP) is 9.11. The lowest BCUT2D eigenvalue weighted by molar-refractivity contribution is -0.161. The number of rotatable bonds is 38. The second-order valence-corrected chi connectivity index (χ2v) is 17.1. The van der Waals surface area contributed by atoms with Crippen LogP contribution in [0.25, 0.3) is 0 Å². The minimum atomic E-state index is -4.87. The van der Waals surface area contributed by atoms with E-state index in [0.717, 1.165) is 70.1 Å². The molecular formula is C41H74O14P2. The van der Waals surface area contributed by atoms with Crippen molar-refractivity contribution < 1.29 is 66.7 Å². The molecule has 332 valence electrons. The third-order valence-corrected chi connectivity index (χ3v) is 10.3. The van der Waals surface area contributed by atoms with Crippen molar-refractivity contribution in [3.05, 3.63) is 48.6 Å². The van der Waals surface area contributed by atoms with Crippen LogP contribution in [0.1, 0.15) is 149 Å². The van der Waals surface area contributed by atoms with Crippen molar-refractivity contribution in [1.82, 2.24) is 0 Å². The molecule has 0 aromatic carbocycles. The number of ether oxygens (including phenoxy) is 2. The van der Waals surface area contributed by atoms with Crippen LogP contribution in [0.15, 0.2) is 48.6 Å².